The monoisotopic (exact) mass is 283 g/mol. The standard InChI is InChI=1S/C18H25N3/c1-3-21(4-2)14-16-9-7-15(8-10-16)12-18(19)17-6-5-11-20-13-17/h5-11,13,18H,3-4,12,14,19H2,1-2H3. The molecule has 0 saturated heterocycles. The first-order chi connectivity index (χ1) is 10.2. The van der Waals surface area contributed by atoms with Crippen molar-refractivity contribution in [2.24, 2.45) is 5.73 Å². The minimum Gasteiger partial charge on any atom is -0.324 e. The van der Waals surface area contributed by atoms with Crippen LogP contribution in [-0.4, -0.2) is 23.0 Å². The molecule has 0 radical (unpaired) electrons. The van der Waals surface area contributed by atoms with Crippen LogP contribution in [-0.2, 0) is 13.0 Å². The van der Waals surface area contributed by atoms with Gasteiger partial charge in [0.25, 0.3) is 0 Å². The number of hydrogen-bond acceptors (Lipinski definition) is 3. The third-order valence-electron chi connectivity index (χ3n) is 3.89. The number of aromatic nitrogens is 1. The predicted octanol–water partition coefficient (Wildman–Crippen LogP) is 3.17. The Morgan fingerprint density at radius 3 is 2.29 bits per heavy atom. The Morgan fingerprint density at radius 2 is 1.71 bits per heavy atom. The lowest BCUT2D eigenvalue weighted by Gasteiger charge is -2.18. The summed E-state index contributed by atoms with van der Waals surface area (Å²) in [6, 6.07) is 12.8. The quantitative estimate of drug-likeness (QED) is 0.848. The van der Waals surface area contributed by atoms with E-state index in [9.17, 15) is 0 Å². The van der Waals surface area contributed by atoms with Gasteiger partial charge in [0.2, 0.25) is 0 Å². The van der Waals surface area contributed by atoms with Gasteiger partial charge in [-0.2, -0.15) is 0 Å². The van der Waals surface area contributed by atoms with E-state index >= 15 is 0 Å². The molecule has 3 heteroatoms. The molecule has 2 aromatic rings. The van der Waals surface area contributed by atoms with Gasteiger partial charge < -0.3 is 5.73 Å². The van der Waals surface area contributed by atoms with E-state index in [-0.39, 0.29) is 6.04 Å². The van der Waals surface area contributed by atoms with Crippen molar-refractivity contribution >= 4 is 0 Å². The van der Waals surface area contributed by atoms with Gasteiger partial charge in [0.15, 0.2) is 0 Å². The second-order valence-corrected chi connectivity index (χ2v) is 5.37. The molecule has 0 saturated carbocycles. The van der Waals surface area contributed by atoms with Crippen molar-refractivity contribution in [2.45, 2.75) is 32.9 Å². The van der Waals surface area contributed by atoms with Crippen LogP contribution in [0.1, 0.15) is 36.6 Å². The van der Waals surface area contributed by atoms with Gasteiger partial charge in [0, 0.05) is 25.0 Å². The molecule has 1 unspecified atom stereocenters. The summed E-state index contributed by atoms with van der Waals surface area (Å²) in [4.78, 5) is 6.54. The third kappa shape index (κ3) is 4.66. The lowest BCUT2D eigenvalue weighted by atomic mass is 10.00. The molecule has 1 atom stereocenters. The van der Waals surface area contributed by atoms with Crippen molar-refractivity contribution in [1.29, 1.82) is 0 Å². The fourth-order valence-electron chi connectivity index (χ4n) is 2.45. The Balaban J connectivity index is 1.96. The largest absolute Gasteiger partial charge is 0.324 e. The van der Waals surface area contributed by atoms with Crippen LogP contribution in [0, 0.1) is 0 Å². The normalized spacial score (nSPS) is 12.6. The number of rotatable bonds is 7. The maximum absolute atomic E-state index is 6.24. The third-order valence-corrected chi connectivity index (χ3v) is 3.89. The average molecular weight is 283 g/mol. The lowest BCUT2D eigenvalue weighted by Crippen LogP contribution is -2.22. The van der Waals surface area contributed by atoms with E-state index in [2.05, 4.69) is 48.0 Å². The minimum atomic E-state index is 0.00679. The number of nitrogens with zero attached hydrogens (tertiary/aromatic N) is 2. The molecule has 0 aliphatic heterocycles. The number of hydrogen-bond donors (Lipinski definition) is 1. The van der Waals surface area contributed by atoms with E-state index in [1.54, 1.807) is 6.20 Å². The van der Waals surface area contributed by atoms with Crippen molar-refractivity contribution in [3.05, 3.63) is 65.5 Å². The van der Waals surface area contributed by atoms with Crippen LogP contribution in [0.5, 0.6) is 0 Å². The molecule has 21 heavy (non-hydrogen) atoms. The molecule has 0 aliphatic rings. The van der Waals surface area contributed by atoms with Crippen LogP contribution < -0.4 is 5.73 Å². The minimum absolute atomic E-state index is 0.00679. The molecule has 0 aliphatic carbocycles. The molecule has 1 aromatic carbocycles. The Labute approximate surface area is 127 Å². The Morgan fingerprint density at radius 1 is 1.05 bits per heavy atom. The molecule has 2 N–H and O–H groups in total. The van der Waals surface area contributed by atoms with E-state index in [4.69, 9.17) is 5.73 Å². The van der Waals surface area contributed by atoms with E-state index in [1.165, 1.54) is 11.1 Å². The van der Waals surface area contributed by atoms with Crippen LogP contribution in [0.25, 0.3) is 0 Å². The van der Waals surface area contributed by atoms with Gasteiger partial charge in [-0.15, -0.1) is 0 Å². The fraction of sp³-hybridized carbons (Fsp3) is 0.389. The molecular formula is C18H25N3. The van der Waals surface area contributed by atoms with Gasteiger partial charge in [-0.3, -0.25) is 9.88 Å². The summed E-state index contributed by atoms with van der Waals surface area (Å²) in [5.74, 6) is 0. The summed E-state index contributed by atoms with van der Waals surface area (Å²) >= 11 is 0. The van der Waals surface area contributed by atoms with Crippen molar-refractivity contribution in [3.8, 4) is 0 Å². The van der Waals surface area contributed by atoms with Gasteiger partial charge in [-0.25, -0.2) is 0 Å². The number of pyridine rings is 1. The van der Waals surface area contributed by atoms with E-state index in [1.807, 2.05) is 18.3 Å². The highest BCUT2D eigenvalue weighted by atomic mass is 15.1. The number of nitrogens with two attached hydrogens (primary N) is 1. The van der Waals surface area contributed by atoms with Crippen LogP contribution in [0.3, 0.4) is 0 Å². The Hall–Kier alpha value is -1.71. The maximum atomic E-state index is 6.24. The average Bonchev–Trinajstić information content (AvgIpc) is 2.55. The molecule has 0 amide bonds. The van der Waals surface area contributed by atoms with Crippen LogP contribution >= 0.6 is 0 Å². The van der Waals surface area contributed by atoms with Gasteiger partial charge in [0.1, 0.15) is 0 Å². The predicted molar refractivity (Wildman–Crippen MR) is 87.9 cm³/mol. The van der Waals surface area contributed by atoms with Crippen molar-refractivity contribution in [3.63, 3.8) is 0 Å². The molecule has 0 spiro atoms. The van der Waals surface area contributed by atoms with E-state index < -0.39 is 0 Å². The van der Waals surface area contributed by atoms with Crippen LogP contribution in [0.15, 0.2) is 48.8 Å². The molecule has 1 heterocycles. The van der Waals surface area contributed by atoms with Crippen molar-refractivity contribution in [2.75, 3.05) is 13.1 Å². The fourth-order valence-corrected chi connectivity index (χ4v) is 2.45. The Bertz CT molecular complexity index is 518. The van der Waals surface area contributed by atoms with E-state index in [0.29, 0.717) is 0 Å². The summed E-state index contributed by atoms with van der Waals surface area (Å²) in [5, 5.41) is 0. The smallest absolute Gasteiger partial charge is 0.0351 e. The molecule has 3 nitrogen and oxygen atoms in total. The van der Waals surface area contributed by atoms with Gasteiger partial charge in [-0.1, -0.05) is 44.2 Å². The molecule has 0 fully saturated rings. The summed E-state index contributed by atoms with van der Waals surface area (Å²) in [6.45, 7) is 7.59. The zero-order valence-corrected chi connectivity index (χ0v) is 13.0. The van der Waals surface area contributed by atoms with Gasteiger partial charge in [-0.05, 0) is 42.3 Å². The summed E-state index contributed by atoms with van der Waals surface area (Å²) < 4.78 is 0. The second kappa shape index (κ2) is 7.91. The molecule has 112 valence electrons. The van der Waals surface area contributed by atoms with Crippen LogP contribution in [0.2, 0.25) is 0 Å². The maximum Gasteiger partial charge on any atom is 0.0351 e. The first-order valence-corrected chi connectivity index (χ1v) is 7.68. The molecule has 2 rings (SSSR count). The Kier molecular flexibility index (Phi) is 5.90. The number of benzene rings is 1. The highest BCUT2D eigenvalue weighted by Crippen LogP contribution is 2.16. The molecule has 0 bridgehead atoms. The van der Waals surface area contributed by atoms with Crippen LogP contribution in [0.4, 0.5) is 0 Å². The highest BCUT2D eigenvalue weighted by molar-refractivity contribution is 5.25. The summed E-state index contributed by atoms with van der Waals surface area (Å²) in [6.07, 6.45) is 4.47. The van der Waals surface area contributed by atoms with Crippen molar-refractivity contribution in [1.82, 2.24) is 9.88 Å². The summed E-state index contributed by atoms with van der Waals surface area (Å²) in [7, 11) is 0. The first kappa shape index (κ1) is 15.7. The van der Waals surface area contributed by atoms with E-state index in [0.717, 1.165) is 31.6 Å². The topological polar surface area (TPSA) is 42.1 Å². The first-order valence-electron chi connectivity index (χ1n) is 7.68. The second-order valence-electron chi connectivity index (χ2n) is 5.37. The molecule has 1 aromatic heterocycles. The van der Waals surface area contributed by atoms with Gasteiger partial charge >= 0.3 is 0 Å². The molecular weight excluding hydrogens is 258 g/mol. The lowest BCUT2D eigenvalue weighted by molar-refractivity contribution is 0.296. The van der Waals surface area contributed by atoms with Gasteiger partial charge in [0.05, 0.1) is 0 Å². The summed E-state index contributed by atoms with van der Waals surface area (Å²) in [5.41, 5.74) is 9.96. The SMILES string of the molecule is CCN(CC)Cc1ccc(CC(N)c2cccnc2)cc1. The highest BCUT2D eigenvalue weighted by Gasteiger charge is 2.07. The zero-order chi connectivity index (χ0) is 15.1. The van der Waals surface area contributed by atoms with Crippen molar-refractivity contribution < 1.29 is 0 Å². The zero-order valence-electron chi connectivity index (χ0n) is 13.0.